The Morgan fingerprint density at radius 2 is 1.13 bits per heavy atom. The highest BCUT2D eigenvalue weighted by atomic mass is 35.5. The van der Waals surface area contributed by atoms with Gasteiger partial charge in [-0.2, -0.15) is 13.2 Å². The summed E-state index contributed by atoms with van der Waals surface area (Å²) in [6, 6.07) is 34.7. The summed E-state index contributed by atoms with van der Waals surface area (Å²) in [6.07, 6.45) is 6.58. The van der Waals surface area contributed by atoms with E-state index < -0.39 is 79.8 Å². The molecular weight excluding hydrogens is 1950 g/mol. The molecule has 8 heterocycles. The topological polar surface area (TPSA) is 333 Å². The summed E-state index contributed by atoms with van der Waals surface area (Å²) in [7, 11) is -2.23. The van der Waals surface area contributed by atoms with Crippen molar-refractivity contribution in [3.8, 4) is 23.0 Å². The maximum Gasteiger partial charge on any atom is 0.417 e. The van der Waals surface area contributed by atoms with Crippen LogP contribution in [-0.2, 0) is 29.6 Å². The molecule has 8 N–H and O–H groups in total. The number of thiazole rings is 1. The van der Waals surface area contributed by atoms with Crippen LogP contribution in [0.2, 0.25) is 35.2 Å². The number of piperidine rings is 4. The number of rotatable bonds is 30. The van der Waals surface area contributed by atoms with Crippen molar-refractivity contribution in [1.29, 1.82) is 0 Å². The van der Waals surface area contributed by atoms with Crippen molar-refractivity contribution in [1.82, 2.24) is 55.1 Å². The fourth-order valence-corrected chi connectivity index (χ4v) is 19.1. The number of carbonyl (C=O) groups is 3. The van der Waals surface area contributed by atoms with E-state index in [-0.39, 0.29) is 84.9 Å². The Bertz CT molecular complexity index is 6350. The second-order valence-electron chi connectivity index (χ2n) is 34.6. The molecule has 0 spiro atoms. The van der Waals surface area contributed by atoms with Crippen LogP contribution in [-0.4, -0.2) is 222 Å². The number of pyridine rings is 3. The Labute approximate surface area is 832 Å². The second-order valence-corrected chi connectivity index (χ2v) is 40.4. The number of hydrogen-bond donors (Lipinski definition) is 8. The van der Waals surface area contributed by atoms with Gasteiger partial charge in [0, 0.05) is 164 Å². The molecule has 4 fully saturated rings. The van der Waals surface area contributed by atoms with Crippen LogP contribution in [0.25, 0.3) is 31.8 Å². The number of nitrogens with one attached hydrogen (secondary N) is 5. The lowest BCUT2D eigenvalue weighted by molar-refractivity contribution is -0.138. The first-order valence-electron chi connectivity index (χ1n) is 44.5. The van der Waals surface area contributed by atoms with Crippen LogP contribution in [0.1, 0.15) is 133 Å². The molecule has 26 nitrogen and oxygen atoms in total. The van der Waals surface area contributed by atoms with E-state index in [9.17, 15) is 70.1 Å². The van der Waals surface area contributed by atoms with Crippen molar-refractivity contribution in [2.75, 3.05) is 104 Å². The number of aliphatic hydroxyl groups is 3. The largest absolute Gasteiger partial charge is 0.491 e. The zero-order valence-corrected chi connectivity index (χ0v) is 82.3. The maximum absolute atomic E-state index is 14.0. The summed E-state index contributed by atoms with van der Waals surface area (Å²) in [5.41, 5.74) is 2.36. The number of H-pyrrole nitrogens is 2. The predicted octanol–water partition coefficient (Wildman–Crippen LogP) is 18.6. The molecule has 4 aromatic heterocycles. The van der Waals surface area contributed by atoms with Crippen molar-refractivity contribution < 1.29 is 83.2 Å². The number of sulfone groups is 1. The molecule has 0 unspecified atom stereocenters. The smallest absolute Gasteiger partial charge is 0.417 e. The quantitative estimate of drug-likeness (QED) is 0.0194. The number of aliphatic hydroxyl groups excluding tert-OH is 3. The van der Waals surface area contributed by atoms with E-state index in [2.05, 4.69) is 52.5 Å². The minimum absolute atomic E-state index is 0. The molecule has 4 atom stereocenters. The van der Waals surface area contributed by atoms with Gasteiger partial charge >= 0.3 is 6.18 Å². The van der Waals surface area contributed by atoms with Gasteiger partial charge in [0.15, 0.2) is 9.84 Å². The Morgan fingerprint density at radius 1 is 0.581 bits per heavy atom. The van der Waals surface area contributed by atoms with Gasteiger partial charge in [0.1, 0.15) is 53.7 Å². The predicted molar refractivity (Wildman–Crippen MR) is 539 cm³/mol. The normalized spacial score (nSPS) is 16.2. The van der Waals surface area contributed by atoms with Crippen LogP contribution in [0.3, 0.4) is 0 Å². The first-order chi connectivity index (χ1) is 64.7. The second kappa shape index (κ2) is 49.1. The molecule has 15 rings (SSSR count). The molecule has 0 radical (unpaired) electrons. The van der Waals surface area contributed by atoms with Crippen LogP contribution in [0.5, 0.6) is 23.0 Å². The van der Waals surface area contributed by atoms with Crippen LogP contribution in [0.4, 0.5) is 17.6 Å². The first kappa shape index (κ1) is 106. The van der Waals surface area contributed by atoms with Crippen molar-refractivity contribution in [3.63, 3.8) is 0 Å². The fraction of sp³-hybridized carbons (Fsp3) is 0.412. The third-order valence-electron chi connectivity index (χ3n) is 24.1. The molecule has 0 saturated carbocycles. The molecule has 11 aromatic rings. The van der Waals surface area contributed by atoms with E-state index in [0.29, 0.717) is 115 Å². The molecule has 0 bridgehead atoms. The average Bonchev–Trinajstić information content (AvgIpc) is 1.18. The monoisotopic (exact) mass is 2060 g/mol. The summed E-state index contributed by atoms with van der Waals surface area (Å²) in [5, 5.41) is 43.6. The van der Waals surface area contributed by atoms with Gasteiger partial charge < -0.3 is 79.5 Å². The van der Waals surface area contributed by atoms with Gasteiger partial charge in [-0.15, -0.1) is 11.3 Å². The Morgan fingerprint density at radius 3 is 1.74 bits per heavy atom. The third kappa shape index (κ3) is 30.2. The molecule has 742 valence electrons. The number of aryl methyl sites for hydroxylation is 2. The summed E-state index contributed by atoms with van der Waals surface area (Å²) in [6.45, 7) is 15.6. The highest BCUT2D eigenvalue weighted by molar-refractivity contribution is 7.90. The molecule has 136 heavy (non-hydrogen) atoms. The lowest BCUT2D eigenvalue weighted by Gasteiger charge is -2.34. The number of likely N-dealkylation sites (tertiary alicyclic amines) is 4. The van der Waals surface area contributed by atoms with Crippen LogP contribution in [0.15, 0.2) is 171 Å². The number of amides is 3. The number of carbonyl (C=O) groups excluding carboxylic acids is 3. The van der Waals surface area contributed by atoms with Gasteiger partial charge in [-0.25, -0.2) is 17.8 Å². The molecule has 4 saturated heterocycles. The number of aromatic nitrogens is 4. The molecule has 7 aromatic carbocycles. The van der Waals surface area contributed by atoms with E-state index in [1.165, 1.54) is 61.4 Å². The van der Waals surface area contributed by atoms with E-state index in [1.54, 1.807) is 35.6 Å². The fourth-order valence-electron chi connectivity index (χ4n) is 16.5. The standard InChI is InChI=1S/C27H31Cl2N3O5S.C25H27ClFN3O4.C23H26Cl2N2O2S.C22H24Cl2F3N3O4.6H2/c1-16(15-32-10-8-18(9-11-32)37-24-7-6-23(28)17(2)25(24)29)13-30-27(34)22-14-31-26(33)21-12-19(38(3,35)36)4-5-20(21)22;1-15-11-16(26)5-6-22(15)34-18-7-9-30(10-8-18)14-17(31)12-28-24(32)20-13-29-25(33)23-19(20)3-2-4-21(23)27;24-20-5-2-17(11-21(20)25)13-27-9-7-16(8-10-27)1-3-18(28)14-29-19-4-6-22-23(12-19)30-15-26-22;1-29-12-16(17(9-20(29)32)22(25,26)27)21(33)28-10-13(31)11-30-6-4-14(5-7-30)34-15-2-3-18(23)19(24)8-15;;;;;;/h4-7,12,14,16,18H,8-11,13,15H2,1-3H3,(H,30,34)(H,31,33);2-6,11,13,17-18,31H,7-10,12,14H2,1H3,(H,28,32)(H,29,33);2,4-6,11-12,15-16,18,28H,1,3,7-10,13-14H2;2-3,8-9,12-14,31H,4-7,10-11H2,1H3,(H,28,33);6*1H/t16-;17-;18-;13-;;;;;;/m1111....../s1. The van der Waals surface area contributed by atoms with E-state index in [1.807, 2.05) is 84.9 Å². The van der Waals surface area contributed by atoms with Gasteiger partial charge in [-0.3, -0.25) is 33.7 Å². The number of fused-ring (bicyclic) bond motifs is 3. The van der Waals surface area contributed by atoms with Crippen molar-refractivity contribution in [2.24, 2.45) is 18.9 Å². The zero-order chi connectivity index (χ0) is 97.8. The van der Waals surface area contributed by atoms with Crippen molar-refractivity contribution in [2.45, 2.75) is 139 Å². The number of nitrogens with zero attached hydrogens (tertiary/aromatic N) is 6. The molecule has 3 amide bonds. The van der Waals surface area contributed by atoms with Gasteiger partial charge in [0.2, 0.25) is 0 Å². The van der Waals surface area contributed by atoms with Gasteiger partial charge in [0.25, 0.3) is 34.4 Å². The Balaban J connectivity index is 0.000000287. The lowest BCUT2D eigenvalue weighted by Crippen LogP contribution is -2.45. The van der Waals surface area contributed by atoms with Crippen molar-refractivity contribution >= 4 is 152 Å². The highest BCUT2D eigenvalue weighted by Crippen LogP contribution is 2.37. The molecule has 39 heteroatoms. The Hall–Kier alpha value is -9.17. The summed E-state index contributed by atoms with van der Waals surface area (Å²) < 4.78 is 103. The van der Waals surface area contributed by atoms with Crippen molar-refractivity contribution in [3.05, 3.63) is 262 Å². The van der Waals surface area contributed by atoms with Crippen LogP contribution >= 0.6 is 92.5 Å². The number of halogens is 11. The maximum atomic E-state index is 14.0. The molecule has 4 aliphatic rings. The zero-order valence-electron chi connectivity index (χ0n) is 75.3. The molecule has 0 aliphatic carbocycles. The van der Waals surface area contributed by atoms with E-state index in [4.69, 9.17) is 100 Å². The number of alkyl halides is 3. The van der Waals surface area contributed by atoms with Crippen LogP contribution in [0, 0.1) is 31.5 Å². The number of benzene rings is 7. The van der Waals surface area contributed by atoms with E-state index >= 15 is 0 Å². The summed E-state index contributed by atoms with van der Waals surface area (Å²) >= 11 is 44.1. The minimum atomic E-state index is -4.86. The number of β-amino-alcohol motifs (C(OH)–C–C–N with tert-alkyl or cyclic N) is 2. The summed E-state index contributed by atoms with van der Waals surface area (Å²) in [4.78, 5) is 91.9. The van der Waals surface area contributed by atoms with Gasteiger partial charge in [-0.05, 0) is 211 Å². The summed E-state index contributed by atoms with van der Waals surface area (Å²) in [5.74, 6) is 1.24. The molecular formula is C97H120Cl7F4N11O15S2. The Kier molecular flexibility index (Phi) is 38.2. The number of ether oxygens (including phenoxy) is 4. The van der Waals surface area contributed by atoms with Gasteiger partial charge in [0.05, 0.1) is 91.7 Å². The molecule has 4 aliphatic heterocycles. The number of aromatic amines is 2. The number of hydrogen-bond acceptors (Lipinski definition) is 21. The lowest BCUT2D eigenvalue weighted by atomic mass is 9.91. The third-order valence-corrected chi connectivity index (χ3v) is 28.6. The first-order valence-corrected chi connectivity index (χ1v) is 49.9. The van der Waals surface area contributed by atoms with Crippen LogP contribution < -0.4 is 51.6 Å². The average molecular weight is 2070 g/mol. The minimum Gasteiger partial charge on any atom is -0.491 e. The SMILES string of the molecule is Cc1c(Cl)ccc(OC2CCN(C[C@H](C)CNC(=O)c3c[nH]c(=O)c4cc(S(C)(=O)=O)ccc34)CC2)c1Cl.Cc1cc(Cl)ccc1OC1CCN(C[C@H](O)CNC(=O)c2c[nH]c(=O)c3c(F)cccc23)CC1.Cn1cc(C(=O)NC[C@@H](O)CN2CCC(Oc3ccc(Cl)c(Cl)c3)CC2)c(C(F)(F)F)cc1=O.O[C@H](CCC1CCN(Cc2ccc(Cl)c(Cl)c2)CC1)COc1ccc2ncsc2c1.[HH].[HH].[HH].[HH].[HH].[HH]. The highest BCUT2D eigenvalue weighted by Gasteiger charge is 2.37. The van der Waals surface area contributed by atoms with E-state index in [0.717, 1.165) is 154 Å². The van der Waals surface area contributed by atoms with Gasteiger partial charge in [-0.1, -0.05) is 112 Å².